The van der Waals surface area contributed by atoms with Gasteiger partial charge in [-0.25, -0.2) is 14.4 Å². The zero-order valence-electron chi connectivity index (χ0n) is 12.7. The normalized spacial score (nSPS) is 10.4. The predicted molar refractivity (Wildman–Crippen MR) is 85.0 cm³/mol. The molecule has 0 aliphatic carbocycles. The molecule has 0 bridgehead atoms. The molecule has 24 heavy (non-hydrogen) atoms. The summed E-state index contributed by atoms with van der Waals surface area (Å²) in [7, 11) is 0. The third kappa shape index (κ3) is 3.15. The first-order valence-corrected chi connectivity index (χ1v) is 7.06. The van der Waals surface area contributed by atoms with E-state index in [1.165, 1.54) is 16.8 Å². The number of phenols is 1. The SMILES string of the molecule is Cc1cnc(Nc2cnn(CC#N)c2)nc1-c1ccc(O)c(F)c1. The van der Waals surface area contributed by atoms with Crippen LogP contribution in [0.3, 0.4) is 0 Å². The number of aromatic hydroxyl groups is 1. The highest BCUT2D eigenvalue weighted by molar-refractivity contribution is 5.65. The average Bonchev–Trinajstić information content (AvgIpc) is 2.99. The first-order valence-electron chi connectivity index (χ1n) is 7.06. The van der Waals surface area contributed by atoms with Crippen molar-refractivity contribution in [2.75, 3.05) is 5.32 Å². The molecule has 0 spiro atoms. The third-order valence-electron chi connectivity index (χ3n) is 3.31. The summed E-state index contributed by atoms with van der Waals surface area (Å²) in [6.07, 6.45) is 4.84. The van der Waals surface area contributed by atoms with Gasteiger partial charge in [-0.05, 0) is 30.7 Å². The number of aryl methyl sites for hydroxylation is 1. The van der Waals surface area contributed by atoms with Crippen LogP contribution in [0.15, 0.2) is 36.8 Å². The minimum atomic E-state index is -0.710. The van der Waals surface area contributed by atoms with Crippen molar-refractivity contribution in [1.29, 1.82) is 5.26 Å². The van der Waals surface area contributed by atoms with E-state index in [0.29, 0.717) is 22.9 Å². The van der Waals surface area contributed by atoms with Gasteiger partial charge in [-0.2, -0.15) is 10.4 Å². The summed E-state index contributed by atoms with van der Waals surface area (Å²) in [4.78, 5) is 8.58. The molecule has 0 saturated carbocycles. The number of nitrogens with zero attached hydrogens (tertiary/aromatic N) is 5. The highest BCUT2D eigenvalue weighted by atomic mass is 19.1. The Balaban J connectivity index is 1.90. The lowest BCUT2D eigenvalue weighted by Gasteiger charge is -2.08. The summed E-state index contributed by atoms with van der Waals surface area (Å²) in [6, 6.07) is 6.08. The number of nitrogens with one attached hydrogen (secondary N) is 1. The zero-order valence-corrected chi connectivity index (χ0v) is 12.7. The summed E-state index contributed by atoms with van der Waals surface area (Å²) in [5.41, 5.74) is 2.49. The van der Waals surface area contributed by atoms with Gasteiger partial charge in [0, 0.05) is 18.0 Å². The van der Waals surface area contributed by atoms with Crippen LogP contribution in [0.25, 0.3) is 11.3 Å². The molecule has 0 unspecified atom stereocenters. The van der Waals surface area contributed by atoms with E-state index in [9.17, 15) is 9.50 Å². The standard InChI is InChI=1S/C16H13FN6O/c1-10-7-19-16(21-12-8-20-23(9-12)5-4-18)22-15(10)11-2-3-14(24)13(17)6-11/h2-3,6-9,24H,5H2,1H3,(H,19,21,22). The monoisotopic (exact) mass is 324 g/mol. The maximum absolute atomic E-state index is 13.6. The second kappa shape index (κ2) is 6.34. The highest BCUT2D eigenvalue weighted by Gasteiger charge is 2.10. The molecule has 0 saturated heterocycles. The predicted octanol–water partition coefficient (Wildman–Crippen LogP) is 2.76. The molecule has 8 heteroatoms. The molecule has 0 atom stereocenters. The third-order valence-corrected chi connectivity index (χ3v) is 3.31. The van der Waals surface area contributed by atoms with Gasteiger partial charge in [0.05, 0.1) is 23.6 Å². The van der Waals surface area contributed by atoms with Crippen LogP contribution < -0.4 is 5.32 Å². The van der Waals surface area contributed by atoms with E-state index in [0.717, 1.165) is 5.56 Å². The van der Waals surface area contributed by atoms with Gasteiger partial charge < -0.3 is 10.4 Å². The van der Waals surface area contributed by atoms with E-state index in [4.69, 9.17) is 5.26 Å². The number of halogens is 1. The van der Waals surface area contributed by atoms with Crippen LogP contribution in [-0.2, 0) is 6.54 Å². The quantitative estimate of drug-likeness (QED) is 0.765. The Morgan fingerprint density at radius 1 is 1.38 bits per heavy atom. The molecule has 0 aliphatic heterocycles. The Morgan fingerprint density at radius 3 is 2.96 bits per heavy atom. The van der Waals surface area contributed by atoms with Crippen LogP contribution in [-0.4, -0.2) is 24.9 Å². The average molecular weight is 324 g/mol. The molecular formula is C16H13FN6O. The van der Waals surface area contributed by atoms with Gasteiger partial charge in [0.15, 0.2) is 11.6 Å². The maximum atomic E-state index is 13.6. The number of nitriles is 1. The fourth-order valence-electron chi connectivity index (χ4n) is 2.16. The summed E-state index contributed by atoms with van der Waals surface area (Å²) in [5.74, 6) is -0.799. The molecule has 2 heterocycles. The van der Waals surface area contributed by atoms with E-state index in [-0.39, 0.29) is 6.54 Å². The number of anilines is 2. The fourth-order valence-corrected chi connectivity index (χ4v) is 2.16. The lowest BCUT2D eigenvalue weighted by Crippen LogP contribution is -2.00. The largest absolute Gasteiger partial charge is 0.505 e. The fraction of sp³-hybridized carbons (Fsp3) is 0.125. The van der Waals surface area contributed by atoms with Crippen molar-refractivity contribution in [1.82, 2.24) is 19.7 Å². The minimum absolute atomic E-state index is 0.147. The van der Waals surface area contributed by atoms with E-state index in [2.05, 4.69) is 20.4 Å². The second-order valence-corrected chi connectivity index (χ2v) is 5.10. The Labute approximate surface area is 137 Å². The van der Waals surface area contributed by atoms with Gasteiger partial charge in [-0.15, -0.1) is 0 Å². The van der Waals surface area contributed by atoms with E-state index < -0.39 is 11.6 Å². The first kappa shape index (κ1) is 15.4. The number of aromatic nitrogens is 4. The lowest BCUT2D eigenvalue weighted by atomic mass is 10.1. The summed E-state index contributed by atoms with van der Waals surface area (Å²) in [6.45, 7) is 1.96. The molecule has 1 aromatic carbocycles. The summed E-state index contributed by atoms with van der Waals surface area (Å²) < 4.78 is 15.1. The molecule has 3 rings (SSSR count). The van der Waals surface area contributed by atoms with Crippen molar-refractivity contribution >= 4 is 11.6 Å². The molecule has 0 radical (unpaired) electrons. The molecule has 120 valence electrons. The zero-order chi connectivity index (χ0) is 17.1. The number of benzene rings is 1. The Hall–Kier alpha value is -3.47. The number of hydrogen-bond acceptors (Lipinski definition) is 6. The van der Waals surface area contributed by atoms with Gasteiger partial charge in [-0.1, -0.05) is 0 Å². The van der Waals surface area contributed by atoms with Crippen LogP contribution >= 0.6 is 0 Å². The van der Waals surface area contributed by atoms with Crippen molar-refractivity contribution in [3.63, 3.8) is 0 Å². The molecule has 0 amide bonds. The van der Waals surface area contributed by atoms with Crippen LogP contribution in [0.4, 0.5) is 16.0 Å². The number of rotatable bonds is 4. The topological polar surface area (TPSA) is 99.7 Å². The van der Waals surface area contributed by atoms with Crippen LogP contribution in [0.1, 0.15) is 5.56 Å². The summed E-state index contributed by atoms with van der Waals surface area (Å²) >= 11 is 0. The summed E-state index contributed by atoms with van der Waals surface area (Å²) in [5, 5.41) is 25.0. The van der Waals surface area contributed by atoms with Crippen LogP contribution in [0, 0.1) is 24.1 Å². The number of phenolic OH excluding ortho intramolecular Hbond substituents is 1. The van der Waals surface area contributed by atoms with Crippen molar-refractivity contribution in [2.45, 2.75) is 13.5 Å². The smallest absolute Gasteiger partial charge is 0.227 e. The van der Waals surface area contributed by atoms with Gasteiger partial charge in [0.2, 0.25) is 5.95 Å². The lowest BCUT2D eigenvalue weighted by molar-refractivity contribution is 0.432. The van der Waals surface area contributed by atoms with Crippen LogP contribution in [0.5, 0.6) is 5.75 Å². The Kier molecular flexibility index (Phi) is 4.07. The van der Waals surface area contributed by atoms with Crippen molar-refractivity contribution in [3.8, 4) is 23.1 Å². The van der Waals surface area contributed by atoms with Gasteiger partial charge in [0.1, 0.15) is 6.54 Å². The highest BCUT2D eigenvalue weighted by Crippen LogP contribution is 2.26. The van der Waals surface area contributed by atoms with E-state index in [1.807, 2.05) is 13.0 Å². The molecule has 7 nitrogen and oxygen atoms in total. The molecular weight excluding hydrogens is 311 g/mol. The maximum Gasteiger partial charge on any atom is 0.227 e. The molecule has 2 aromatic heterocycles. The van der Waals surface area contributed by atoms with Crippen molar-refractivity contribution in [3.05, 3.63) is 48.2 Å². The van der Waals surface area contributed by atoms with Gasteiger partial charge in [-0.3, -0.25) is 4.68 Å². The van der Waals surface area contributed by atoms with E-state index in [1.54, 1.807) is 24.7 Å². The van der Waals surface area contributed by atoms with Crippen molar-refractivity contribution in [2.24, 2.45) is 0 Å². The van der Waals surface area contributed by atoms with Crippen molar-refractivity contribution < 1.29 is 9.50 Å². The Bertz CT molecular complexity index is 931. The van der Waals surface area contributed by atoms with Gasteiger partial charge in [0.25, 0.3) is 0 Å². The molecule has 0 aliphatic rings. The molecule has 2 N–H and O–H groups in total. The number of hydrogen-bond donors (Lipinski definition) is 2. The van der Waals surface area contributed by atoms with E-state index >= 15 is 0 Å². The van der Waals surface area contributed by atoms with Crippen LogP contribution in [0.2, 0.25) is 0 Å². The van der Waals surface area contributed by atoms with Gasteiger partial charge >= 0.3 is 0 Å². The molecule has 0 fully saturated rings. The first-order chi connectivity index (χ1) is 11.6. The minimum Gasteiger partial charge on any atom is -0.505 e. The Morgan fingerprint density at radius 2 is 2.21 bits per heavy atom. The molecule has 3 aromatic rings. The second-order valence-electron chi connectivity index (χ2n) is 5.10.